The van der Waals surface area contributed by atoms with Gasteiger partial charge in [-0.1, -0.05) is 11.6 Å². The molecule has 5 nitrogen and oxygen atoms in total. The summed E-state index contributed by atoms with van der Waals surface area (Å²) >= 11 is 6.04. The monoisotopic (exact) mass is 396 g/mol. The summed E-state index contributed by atoms with van der Waals surface area (Å²) in [6, 6.07) is 11.1. The molecule has 1 saturated carbocycles. The Hall–Kier alpha value is -2.11. The standard InChI is InChI=1S/C22H25ClN4O/c1-15-25-21-13-24-22(23)12-16(21)14-27(15)18-4-6-19(7-5-18)28-20-8-10-26(11-9-20)17-2-3-17/h4-7,12-15,17,20H,2-3,8-11H2,1H3. The highest BCUT2D eigenvalue weighted by Crippen LogP contribution is 2.30. The van der Waals surface area contributed by atoms with E-state index in [-0.39, 0.29) is 6.17 Å². The third-order valence-electron chi connectivity index (χ3n) is 5.86. The van der Waals surface area contributed by atoms with Crippen molar-refractivity contribution in [3.8, 4) is 5.75 Å². The molecule has 0 N–H and O–H groups in total. The second kappa shape index (κ2) is 7.37. The minimum absolute atomic E-state index is 0.00833. The lowest BCUT2D eigenvalue weighted by Gasteiger charge is -2.32. The molecular weight excluding hydrogens is 372 g/mol. The molecule has 5 rings (SSSR count). The number of piperidine rings is 1. The van der Waals surface area contributed by atoms with Crippen LogP contribution in [0.3, 0.4) is 0 Å². The van der Waals surface area contributed by atoms with E-state index < -0.39 is 0 Å². The van der Waals surface area contributed by atoms with Crippen molar-refractivity contribution in [2.75, 3.05) is 18.0 Å². The van der Waals surface area contributed by atoms with Gasteiger partial charge in [0.25, 0.3) is 0 Å². The normalized spacial score (nSPS) is 22.9. The summed E-state index contributed by atoms with van der Waals surface area (Å²) in [6.07, 6.45) is 9.18. The molecule has 0 amide bonds. The number of benzene rings is 1. The van der Waals surface area contributed by atoms with Crippen molar-refractivity contribution >= 4 is 23.5 Å². The van der Waals surface area contributed by atoms with Crippen LogP contribution in [-0.2, 0) is 0 Å². The van der Waals surface area contributed by atoms with Gasteiger partial charge in [-0.3, -0.25) is 4.99 Å². The third kappa shape index (κ3) is 3.74. The van der Waals surface area contributed by atoms with Crippen LogP contribution in [0.2, 0.25) is 5.15 Å². The number of hydrogen-bond donors (Lipinski definition) is 0. The van der Waals surface area contributed by atoms with Gasteiger partial charge in [-0.15, -0.1) is 0 Å². The SMILES string of the molecule is CC1N=c2cnc(Cl)cc2=CN1c1ccc(OC2CCN(C3CC3)CC2)cc1. The minimum atomic E-state index is 0.00833. The van der Waals surface area contributed by atoms with E-state index >= 15 is 0 Å². The molecule has 28 heavy (non-hydrogen) atoms. The number of aromatic nitrogens is 1. The van der Waals surface area contributed by atoms with Gasteiger partial charge in [-0.25, -0.2) is 4.98 Å². The smallest absolute Gasteiger partial charge is 0.129 e. The minimum Gasteiger partial charge on any atom is -0.490 e. The van der Waals surface area contributed by atoms with E-state index in [0.29, 0.717) is 11.3 Å². The van der Waals surface area contributed by atoms with E-state index in [1.165, 1.54) is 25.9 Å². The van der Waals surface area contributed by atoms with Crippen molar-refractivity contribution in [3.05, 3.63) is 52.3 Å². The van der Waals surface area contributed by atoms with Gasteiger partial charge < -0.3 is 14.5 Å². The predicted molar refractivity (Wildman–Crippen MR) is 111 cm³/mol. The van der Waals surface area contributed by atoms with Crippen LogP contribution < -0.4 is 20.2 Å². The lowest BCUT2D eigenvalue weighted by Crippen LogP contribution is -2.41. The lowest BCUT2D eigenvalue weighted by atomic mass is 10.1. The molecular formula is C22H25ClN4O. The Morgan fingerprint density at radius 3 is 2.54 bits per heavy atom. The van der Waals surface area contributed by atoms with Gasteiger partial charge in [-0.2, -0.15) is 0 Å². The predicted octanol–water partition coefficient (Wildman–Crippen LogP) is 2.96. The maximum Gasteiger partial charge on any atom is 0.129 e. The fourth-order valence-electron chi connectivity index (χ4n) is 4.15. The second-order valence-corrected chi connectivity index (χ2v) is 8.33. The van der Waals surface area contributed by atoms with Crippen molar-refractivity contribution in [1.82, 2.24) is 9.88 Å². The summed E-state index contributed by atoms with van der Waals surface area (Å²) in [5.74, 6) is 0.947. The van der Waals surface area contributed by atoms with Gasteiger partial charge in [0.15, 0.2) is 0 Å². The van der Waals surface area contributed by atoms with Crippen molar-refractivity contribution in [2.24, 2.45) is 4.99 Å². The molecule has 1 saturated heterocycles. The molecule has 2 aliphatic heterocycles. The average Bonchev–Trinajstić information content (AvgIpc) is 3.54. The Morgan fingerprint density at radius 1 is 1.07 bits per heavy atom. The second-order valence-electron chi connectivity index (χ2n) is 7.94. The fraction of sp³-hybridized carbons (Fsp3) is 0.455. The molecule has 0 spiro atoms. The number of likely N-dealkylation sites (tertiary alicyclic amines) is 1. The maximum atomic E-state index is 6.24. The van der Waals surface area contributed by atoms with Gasteiger partial charge in [-0.05, 0) is 62.9 Å². The fourth-order valence-corrected chi connectivity index (χ4v) is 4.31. The molecule has 2 fully saturated rings. The zero-order chi connectivity index (χ0) is 19.1. The van der Waals surface area contributed by atoms with Crippen LogP contribution in [0, 0.1) is 0 Å². The summed E-state index contributed by atoms with van der Waals surface area (Å²) in [5, 5.41) is 2.35. The van der Waals surface area contributed by atoms with Gasteiger partial charge in [0.05, 0.1) is 11.6 Å². The van der Waals surface area contributed by atoms with Crippen molar-refractivity contribution in [3.63, 3.8) is 0 Å². The number of halogens is 1. The Balaban J connectivity index is 1.27. The number of nitrogens with zero attached hydrogens (tertiary/aromatic N) is 4. The highest BCUT2D eigenvalue weighted by Gasteiger charge is 2.32. The molecule has 6 heteroatoms. The summed E-state index contributed by atoms with van der Waals surface area (Å²) in [6.45, 7) is 4.42. The molecule has 1 unspecified atom stereocenters. The molecule has 1 aromatic carbocycles. The molecule has 3 aliphatic rings. The third-order valence-corrected chi connectivity index (χ3v) is 6.07. The van der Waals surface area contributed by atoms with Crippen LogP contribution >= 0.6 is 11.6 Å². The molecule has 146 valence electrons. The lowest BCUT2D eigenvalue weighted by molar-refractivity contribution is 0.0965. The van der Waals surface area contributed by atoms with E-state index in [0.717, 1.165) is 40.9 Å². The van der Waals surface area contributed by atoms with Crippen molar-refractivity contribution < 1.29 is 4.74 Å². The average molecular weight is 397 g/mol. The van der Waals surface area contributed by atoms with Crippen LogP contribution in [0.5, 0.6) is 5.75 Å². The van der Waals surface area contributed by atoms with E-state index in [1.807, 2.05) is 6.07 Å². The van der Waals surface area contributed by atoms with E-state index in [4.69, 9.17) is 21.3 Å². The van der Waals surface area contributed by atoms with Crippen LogP contribution in [0.15, 0.2) is 41.5 Å². The summed E-state index contributed by atoms with van der Waals surface area (Å²) < 4.78 is 6.24. The summed E-state index contributed by atoms with van der Waals surface area (Å²) in [4.78, 5) is 13.6. The maximum absolute atomic E-state index is 6.24. The zero-order valence-electron chi connectivity index (χ0n) is 16.1. The number of rotatable bonds is 4. The highest BCUT2D eigenvalue weighted by atomic mass is 35.5. The van der Waals surface area contributed by atoms with Crippen LogP contribution in [0.4, 0.5) is 5.69 Å². The van der Waals surface area contributed by atoms with Gasteiger partial charge in [0.1, 0.15) is 23.2 Å². The zero-order valence-corrected chi connectivity index (χ0v) is 16.8. The quantitative estimate of drug-likeness (QED) is 0.745. The van der Waals surface area contributed by atoms with Crippen molar-refractivity contribution in [1.29, 1.82) is 0 Å². The number of fused-ring (bicyclic) bond motifs is 1. The van der Waals surface area contributed by atoms with Crippen LogP contribution in [-0.4, -0.2) is 41.3 Å². The van der Waals surface area contributed by atoms with Crippen molar-refractivity contribution in [2.45, 2.75) is 50.9 Å². The number of ether oxygens (including phenoxy) is 1. The van der Waals surface area contributed by atoms with E-state index in [9.17, 15) is 0 Å². The largest absolute Gasteiger partial charge is 0.490 e. The van der Waals surface area contributed by atoms with Gasteiger partial charge in [0, 0.05) is 36.2 Å². The Labute approximate surface area is 170 Å². The molecule has 0 radical (unpaired) electrons. The highest BCUT2D eigenvalue weighted by molar-refractivity contribution is 6.29. The van der Waals surface area contributed by atoms with E-state index in [1.54, 1.807) is 6.20 Å². The van der Waals surface area contributed by atoms with E-state index in [2.05, 4.69) is 52.2 Å². The summed E-state index contributed by atoms with van der Waals surface area (Å²) in [5.41, 5.74) is 1.09. The molecule has 1 aromatic heterocycles. The molecule has 1 aliphatic carbocycles. The Kier molecular flexibility index (Phi) is 4.73. The Bertz CT molecular complexity index is 965. The number of pyridine rings is 1. The Morgan fingerprint density at radius 2 is 1.82 bits per heavy atom. The first-order chi connectivity index (χ1) is 13.7. The first kappa shape index (κ1) is 18.0. The molecule has 1 atom stereocenters. The molecule has 2 aromatic rings. The van der Waals surface area contributed by atoms with Gasteiger partial charge in [0.2, 0.25) is 0 Å². The van der Waals surface area contributed by atoms with Crippen LogP contribution in [0.25, 0.3) is 6.20 Å². The first-order valence-corrected chi connectivity index (χ1v) is 10.5. The number of hydrogen-bond acceptors (Lipinski definition) is 5. The van der Waals surface area contributed by atoms with Gasteiger partial charge >= 0.3 is 0 Å². The van der Waals surface area contributed by atoms with Crippen LogP contribution in [0.1, 0.15) is 32.6 Å². The topological polar surface area (TPSA) is 41.0 Å². The molecule has 0 bridgehead atoms. The first-order valence-electron chi connectivity index (χ1n) is 10.2. The number of anilines is 1. The summed E-state index contributed by atoms with van der Waals surface area (Å²) in [7, 11) is 0. The molecule has 3 heterocycles.